The summed E-state index contributed by atoms with van der Waals surface area (Å²) in [7, 11) is 0. The SMILES string of the molecule is CC.Cc1cc(F)cc(CBr)c1. The van der Waals surface area contributed by atoms with Gasteiger partial charge in [0, 0.05) is 5.33 Å². The Balaban J connectivity index is 0.000000561. The number of hydrogen-bond acceptors (Lipinski definition) is 0. The van der Waals surface area contributed by atoms with Crippen molar-refractivity contribution in [3.63, 3.8) is 0 Å². The summed E-state index contributed by atoms with van der Waals surface area (Å²) in [6, 6.07) is 5.01. The third-order valence-corrected chi connectivity index (χ3v) is 1.90. The maximum absolute atomic E-state index is 12.6. The lowest BCUT2D eigenvalue weighted by Crippen LogP contribution is -1.82. The van der Waals surface area contributed by atoms with Gasteiger partial charge < -0.3 is 0 Å². The zero-order valence-electron chi connectivity index (χ0n) is 7.70. The van der Waals surface area contributed by atoms with Crippen LogP contribution < -0.4 is 0 Å². The highest BCUT2D eigenvalue weighted by atomic mass is 79.9. The molecular weight excluding hydrogens is 219 g/mol. The number of benzene rings is 1. The number of hydrogen-bond donors (Lipinski definition) is 0. The van der Waals surface area contributed by atoms with Gasteiger partial charge in [-0.05, 0) is 30.2 Å². The predicted molar refractivity (Wildman–Crippen MR) is 55.1 cm³/mol. The summed E-state index contributed by atoms with van der Waals surface area (Å²) in [4.78, 5) is 0. The van der Waals surface area contributed by atoms with Gasteiger partial charge in [0.05, 0.1) is 0 Å². The summed E-state index contributed by atoms with van der Waals surface area (Å²) in [5.41, 5.74) is 1.95. The van der Waals surface area contributed by atoms with Crippen LogP contribution in [0.15, 0.2) is 18.2 Å². The summed E-state index contributed by atoms with van der Waals surface area (Å²) < 4.78 is 12.6. The van der Waals surface area contributed by atoms with Gasteiger partial charge in [-0.3, -0.25) is 0 Å². The minimum atomic E-state index is -0.158. The standard InChI is InChI=1S/C8H8BrF.C2H6/c1-6-2-7(5-9)4-8(10)3-6;1-2/h2-4H,5H2,1H3;1-2H3. The molecule has 0 aliphatic heterocycles. The Kier molecular flexibility index (Phi) is 5.99. The fraction of sp³-hybridized carbons (Fsp3) is 0.400. The first kappa shape index (κ1) is 11.6. The summed E-state index contributed by atoms with van der Waals surface area (Å²) in [5.74, 6) is -0.158. The molecule has 0 aromatic heterocycles. The number of rotatable bonds is 1. The predicted octanol–water partition coefficient (Wildman–Crippen LogP) is 4.06. The van der Waals surface area contributed by atoms with E-state index >= 15 is 0 Å². The van der Waals surface area contributed by atoms with Crippen molar-refractivity contribution >= 4 is 15.9 Å². The molecule has 68 valence electrons. The van der Waals surface area contributed by atoms with E-state index in [1.165, 1.54) is 12.1 Å². The zero-order chi connectivity index (χ0) is 9.56. The summed E-state index contributed by atoms with van der Waals surface area (Å²) in [6.45, 7) is 5.88. The van der Waals surface area contributed by atoms with Gasteiger partial charge >= 0.3 is 0 Å². The van der Waals surface area contributed by atoms with Gasteiger partial charge in [-0.1, -0.05) is 35.8 Å². The van der Waals surface area contributed by atoms with Crippen LogP contribution in [0, 0.1) is 12.7 Å². The Morgan fingerprint density at radius 2 is 1.83 bits per heavy atom. The van der Waals surface area contributed by atoms with E-state index in [4.69, 9.17) is 0 Å². The van der Waals surface area contributed by atoms with Gasteiger partial charge in [0.2, 0.25) is 0 Å². The van der Waals surface area contributed by atoms with E-state index in [-0.39, 0.29) is 5.82 Å². The second kappa shape index (κ2) is 6.18. The smallest absolute Gasteiger partial charge is 0.123 e. The molecule has 0 amide bonds. The fourth-order valence-corrected chi connectivity index (χ4v) is 1.21. The first-order valence-electron chi connectivity index (χ1n) is 4.04. The molecule has 0 saturated heterocycles. The van der Waals surface area contributed by atoms with Crippen molar-refractivity contribution in [3.8, 4) is 0 Å². The monoisotopic (exact) mass is 232 g/mol. The van der Waals surface area contributed by atoms with Crippen LogP contribution in [0.1, 0.15) is 25.0 Å². The van der Waals surface area contributed by atoms with Crippen molar-refractivity contribution in [3.05, 3.63) is 35.1 Å². The van der Waals surface area contributed by atoms with E-state index in [1.54, 1.807) is 0 Å². The van der Waals surface area contributed by atoms with Crippen LogP contribution in [0.5, 0.6) is 0 Å². The maximum Gasteiger partial charge on any atom is 0.123 e. The average Bonchev–Trinajstić information content (AvgIpc) is 2.06. The van der Waals surface area contributed by atoms with Crippen LogP contribution in [-0.2, 0) is 5.33 Å². The topological polar surface area (TPSA) is 0 Å². The molecule has 0 radical (unpaired) electrons. The Morgan fingerprint density at radius 3 is 2.25 bits per heavy atom. The molecule has 0 aliphatic carbocycles. The number of aryl methyl sites for hydroxylation is 1. The molecule has 1 aromatic rings. The highest BCUT2D eigenvalue weighted by Gasteiger charge is 1.94. The van der Waals surface area contributed by atoms with Gasteiger partial charge in [-0.25, -0.2) is 4.39 Å². The van der Waals surface area contributed by atoms with E-state index in [0.29, 0.717) is 5.33 Å². The quantitative estimate of drug-likeness (QED) is 0.642. The minimum Gasteiger partial charge on any atom is -0.207 e. The third-order valence-electron chi connectivity index (χ3n) is 1.26. The Hall–Kier alpha value is -0.370. The number of alkyl halides is 1. The molecule has 2 heteroatoms. The summed E-state index contributed by atoms with van der Waals surface area (Å²) in [5, 5.41) is 0.714. The Labute approximate surface area is 81.9 Å². The van der Waals surface area contributed by atoms with Crippen molar-refractivity contribution in [1.82, 2.24) is 0 Å². The first-order chi connectivity index (χ1) is 5.72. The molecule has 0 unspecified atom stereocenters. The molecule has 1 rings (SSSR count). The zero-order valence-corrected chi connectivity index (χ0v) is 9.28. The summed E-state index contributed by atoms with van der Waals surface area (Å²) in [6.07, 6.45) is 0. The molecule has 0 atom stereocenters. The van der Waals surface area contributed by atoms with Gasteiger partial charge in [-0.15, -0.1) is 0 Å². The molecule has 0 fully saturated rings. The second-order valence-electron chi connectivity index (χ2n) is 2.27. The van der Waals surface area contributed by atoms with Crippen LogP contribution in [0.2, 0.25) is 0 Å². The van der Waals surface area contributed by atoms with Crippen LogP contribution in [0.4, 0.5) is 4.39 Å². The molecule has 1 aromatic carbocycles. The normalized spacial score (nSPS) is 8.75. The van der Waals surface area contributed by atoms with Crippen LogP contribution in [-0.4, -0.2) is 0 Å². The molecule has 0 N–H and O–H groups in total. The third kappa shape index (κ3) is 3.86. The van der Waals surface area contributed by atoms with E-state index in [0.717, 1.165) is 11.1 Å². The van der Waals surface area contributed by atoms with Gasteiger partial charge in [0.15, 0.2) is 0 Å². The molecule has 0 nitrogen and oxygen atoms in total. The largest absolute Gasteiger partial charge is 0.207 e. The molecule has 0 aliphatic rings. The van der Waals surface area contributed by atoms with Gasteiger partial charge in [0.1, 0.15) is 5.82 Å². The second-order valence-corrected chi connectivity index (χ2v) is 2.83. The molecule has 0 saturated carbocycles. The van der Waals surface area contributed by atoms with Crippen molar-refractivity contribution in [2.24, 2.45) is 0 Å². The van der Waals surface area contributed by atoms with Gasteiger partial charge in [-0.2, -0.15) is 0 Å². The van der Waals surface area contributed by atoms with Crippen molar-refractivity contribution in [2.75, 3.05) is 0 Å². The van der Waals surface area contributed by atoms with Crippen molar-refractivity contribution in [1.29, 1.82) is 0 Å². The van der Waals surface area contributed by atoms with Crippen LogP contribution >= 0.6 is 15.9 Å². The van der Waals surface area contributed by atoms with E-state index in [2.05, 4.69) is 15.9 Å². The molecule has 0 spiro atoms. The first-order valence-corrected chi connectivity index (χ1v) is 5.16. The molecule has 0 bridgehead atoms. The van der Waals surface area contributed by atoms with E-state index in [9.17, 15) is 4.39 Å². The Bertz CT molecular complexity index is 213. The maximum atomic E-state index is 12.6. The molecule has 12 heavy (non-hydrogen) atoms. The molecular formula is C10H14BrF. The highest BCUT2D eigenvalue weighted by Crippen LogP contribution is 2.10. The highest BCUT2D eigenvalue weighted by molar-refractivity contribution is 9.08. The lowest BCUT2D eigenvalue weighted by Gasteiger charge is -1.97. The van der Waals surface area contributed by atoms with Gasteiger partial charge in [0.25, 0.3) is 0 Å². The summed E-state index contributed by atoms with van der Waals surface area (Å²) >= 11 is 3.26. The average molecular weight is 233 g/mol. The lowest BCUT2D eigenvalue weighted by atomic mass is 10.2. The Morgan fingerprint density at radius 1 is 1.25 bits per heavy atom. The molecule has 0 heterocycles. The number of halogens is 2. The van der Waals surface area contributed by atoms with E-state index < -0.39 is 0 Å². The fourth-order valence-electron chi connectivity index (χ4n) is 0.889. The minimum absolute atomic E-state index is 0.158. The van der Waals surface area contributed by atoms with Crippen molar-refractivity contribution < 1.29 is 4.39 Å². The van der Waals surface area contributed by atoms with Crippen LogP contribution in [0.25, 0.3) is 0 Å². The van der Waals surface area contributed by atoms with E-state index in [1.807, 2.05) is 26.8 Å². The van der Waals surface area contributed by atoms with Crippen molar-refractivity contribution in [2.45, 2.75) is 26.1 Å². The van der Waals surface area contributed by atoms with Crippen LogP contribution in [0.3, 0.4) is 0 Å². The lowest BCUT2D eigenvalue weighted by molar-refractivity contribution is 0.625.